The van der Waals surface area contributed by atoms with Gasteiger partial charge in [0, 0.05) is 26.3 Å². The molecule has 0 unspecified atom stereocenters. The SMILES string of the molecule is Cn1cc(CCNC(=O)NCc2ccc3c(c2)OCO3)cn1. The summed E-state index contributed by atoms with van der Waals surface area (Å²) in [6.45, 7) is 1.26. The van der Waals surface area contributed by atoms with E-state index in [4.69, 9.17) is 9.47 Å². The molecule has 0 saturated carbocycles. The molecule has 2 heterocycles. The van der Waals surface area contributed by atoms with E-state index in [0.29, 0.717) is 13.1 Å². The van der Waals surface area contributed by atoms with Crippen LogP contribution in [0.1, 0.15) is 11.1 Å². The largest absolute Gasteiger partial charge is 0.454 e. The van der Waals surface area contributed by atoms with Gasteiger partial charge in [-0.2, -0.15) is 5.10 Å². The molecular formula is C15H18N4O3. The van der Waals surface area contributed by atoms with Crippen molar-refractivity contribution in [2.45, 2.75) is 13.0 Å². The van der Waals surface area contributed by atoms with Crippen LogP contribution in [-0.4, -0.2) is 29.1 Å². The summed E-state index contributed by atoms with van der Waals surface area (Å²) >= 11 is 0. The third kappa shape index (κ3) is 3.49. The average molecular weight is 302 g/mol. The van der Waals surface area contributed by atoms with Crippen molar-refractivity contribution in [3.63, 3.8) is 0 Å². The molecule has 22 heavy (non-hydrogen) atoms. The summed E-state index contributed by atoms with van der Waals surface area (Å²) in [7, 11) is 1.87. The predicted octanol–water partition coefficient (Wildman–Crippen LogP) is 1.19. The van der Waals surface area contributed by atoms with E-state index in [0.717, 1.165) is 29.0 Å². The number of urea groups is 1. The number of aryl methyl sites for hydroxylation is 1. The molecule has 0 spiro atoms. The molecular weight excluding hydrogens is 284 g/mol. The molecule has 2 aromatic rings. The van der Waals surface area contributed by atoms with Crippen LogP contribution in [0.2, 0.25) is 0 Å². The lowest BCUT2D eigenvalue weighted by atomic mass is 10.2. The molecule has 7 heteroatoms. The molecule has 1 aromatic carbocycles. The van der Waals surface area contributed by atoms with E-state index < -0.39 is 0 Å². The van der Waals surface area contributed by atoms with Crippen LogP contribution < -0.4 is 20.1 Å². The van der Waals surface area contributed by atoms with Gasteiger partial charge in [0.05, 0.1) is 6.20 Å². The highest BCUT2D eigenvalue weighted by Gasteiger charge is 2.13. The highest BCUT2D eigenvalue weighted by Crippen LogP contribution is 2.32. The number of hydrogen-bond donors (Lipinski definition) is 2. The lowest BCUT2D eigenvalue weighted by molar-refractivity contribution is 0.174. The summed E-state index contributed by atoms with van der Waals surface area (Å²) in [6.07, 6.45) is 4.49. The van der Waals surface area contributed by atoms with Gasteiger partial charge in [-0.3, -0.25) is 4.68 Å². The van der Waals surface area contributed by atoms with Crippen LogP contribution in [0, 0.1) is 0 Å². The second-order valence-corrected chi connectivity index (χ2v) is 5.07. The van der Waals surface area contributed by atoms with Crippen molar-refractivity contribution in [1.82, 2.24) is 20.4 Å². The predicted molar refractivity (Wildman–Crippen MR) is 79.7 cm³/mol. The van der Waals surface area contributed by atoms with Gasteiger partial charge in [-0.15, -0.1) is 0 Å². The van der Waals surface area contributed by atoms with Crippen LogP contribution >= 0.6 is 0 Å². The summed E-state index contributed by atoms with van der Waals surface area (Å²) in [5, 5.41) is 9.72. The number of carbonyl (C=O) groups is 1. The fourth-order valence-electron chi connectivity index (χ4n) is 2.22. The van der Waals surface area contributed by atoms with Crippen molar-refractivity contribution in [3.05, 3.63) is 41.7 Å². The minimum atomic E-state index is -0.193. The van der Waals surface area contributed by atoms with Crippen molar-refractivity contribution in [3.8, 4) is 11.5 Å². The van der Waals surface area contributed by atoms with Crippen molar-refractivity contribution in [1.29, 1.82) is 0 Å². The number of ether oxygens (including phenoxy) is 2. The van der Waals surface area contributed by atoms with Gasteiger partial charge in [0.15, 0.2) is 11.5 Å². The normalized spacial score (nSPS) is 12.2. The van der Waals surface area contributed by atoms with Crippen LogP contribution in [-0.2, 0) is 20.0 Å². The van der Waals surface area contributed by atoms with Gasteiger partial charge in [0.25, 0.3) is 0 Å². The molecule has 0 aliphatic carbocycles. The van der Waals surface area contributed by atoms with Gasteiger partial charge in [-0.25, -0.2) is 4.79 Å². The van der Waals surface area contributed by atoms with Gasteiger partial charge in [-0.1, -0.05) is 6.07 Å². The highest BCUT2D eigenvalue weighted by molar-refractivity contribution is 5.73. The standard InChI is InChI=1S/C15H18N4O3/c1-19-9-12(8-18-19)4-5-16-15(20)17-7-11-2-3-13-14(6-11)22-10-21-13/h2-3,6,8-9H,4-5,7,10H2,1H3,(H2,16,17,20). The number of carbonyl (C=O) groups excluding carboxylic acids is 1. The molecule has 3 rings (SSSR count). The molecule has 7 nitrogen and oxygen atoms in total. The van der Waals surface area contributed by atoms with Crippen LogP contribution in [0.4, 0.5) is 4.79 Å². The summed E-state index contributed by atoms with van der Waals surface area (Å²) in [5.41, 5.74) is 2.06. The number of fused-ring (bicyclic) bond motifs is 1. The van der Waals surface area contributed by atoms with E-state index in [2.05, 4.69) is 15.7 Å². The van der Waals surface area contributed by atoms with Crippen LogP contribution in [0.15, 0.2) is 30.6 Å². The van der Waals surface area contributed by atoms with E-state index in [-0.39, 0.29) is 12.8 Å². The summed E-state index contributed by atoms with van der Waals surface area (Å²) < 4.78 is 12.3. The van der Waals surface area contributed by atoms with Crippen molar-refractivity contribution >= 4 is 6.03 Å². The van der Waals surface area contributed by atoms with E-state index in [9.17, 15) is 4.79 Å². The number of amides is 2. The van der Waals surface area contributed by atoms with E-state index >= 15 is 0 Å². The van der Waals surface area contributed by atoms with Crippen LogP contribution in [0.3, 0.4) is 0 Å². The molecule has 0 fully saturated rings. The highest BCUT2D eigenvalue weighted by atomic mass is 16.7. The molecule has 116 valence electrons. The molecule has 0 saturated heterocycles. The second-order valence-electron chi connectivity index (χ2n) is 5.07. The molecule has 2 N–H and O–H groups in total. The first-order valence-electron chi connectivity index (χ1n) is 7.08. The Bertz CT molecular complexity index is 669. The van der Waals surface area contributed by atoms with Gasteiger partial charge in [-0.05, 0) is 29.7 Å². The topological polar surface area (TPSA) is 77.4 Å². The summed E-state index contributed by atoms with van der Waals surface area (Å²) in [6, 6.07) is 5.43. The third-order valence-corrected chi connectivity index (χ3v) is 3.35. The van der Waals surface area contributed by atoms with Crippen LogP contribution in [0.25, 0.3) is 0 Å². The van der Waals surface area contributed by atoms with Crippen LogP contribution in [0.5, 0.6) is 11.5 Å². The number of nitrogens with one attached hydrogen (secondary N) is 2. The maximum Gasteiger partial charge on any atom is 0.315 e. The Labute approximate surface area is 128 Å². The Morgan fingerprint density at radius 3 is 2.95 bits per heavy atom. The Balaban J connectivity index is 1.40. The zero-order valence-corrected chi connectivity index (χ0v) is 12.3. The fourth-order valence-corrected chi connectivity index (χ4v) is 2.22. The van der Waals surface area contributed by atoms with E-state index in [1.54, 1.807) is 10.9 Å². The van der Waals surface area contributed by atoms with E-state index in [1.807, 2.05) is 31.4 Å². The average Bonchev–Trinajstić information content (AvgIpc) is 3.13. The third-order valence-electron chi connectivity index (χ3n) is 3.35. The van der Waals surface area contributed by atoms with Crippen molar-refractivity contribution in [2.75, 3.05) is 13.3 Å². The monoisotopic (exact) mass is 302 g/mol. The Kier molecular flexibility index (Phi) is 4.13. The first-order chi connectivity index (χ1) is 10.7. The first-order valence-corrected chi connectivity index (χ1v) is 7.08. The van der Waals surface area contributed by atoms with Crippen molar-refractivity contribution < 1.29 is 14.3 Å². The van der Waals surface area contributed by atoms with Gasteiger partial charge >= 0.3 is 6.03 Å². The number of aromatic nitrogens is 2. The second kappa shape index (κ2) is 6.38. The number of benzene rings is 1. The van der Waals surface area contributed by atoms with Gasteiger partial charge < -0.3 is 20.1 Å². The van der Waals surface area contributed by atoms with Crippen molar-refractivity contribution in [2.24, 2.45) is 7.05 Å². The number of hydrogen-bond acceptors (Lipinski definition) is 4. The summed E-state index contributed by atoms with van der Waals surface area (Å²) in [4.78, 5) is 11.7. The number of nitrogens with zero attached hydrogens (tertiary/aromatic N) is 2. The molecule has 2 amide bonds. The zero-order chi connectivity index (χ0) is 15.4. The summed E-state index contributed by atoms with van der Waals surface area (Å²) in [5.74, 6) is 1.46. The minimum Gasteiger partial charge on any atom is -0.454 e. The molecule has 0 radical (unpaired) electrons. The lowest BCUT2D eigenvalue weighted by Gasteiger charge is -2.07. The fraction of sp³-hybridized carbons (Fsp3) is 0.333. The van der Waals surface area contributed by atoms with Gasteiger partial charge in [0.1, 0.15) is 0 Å². The Morgan fingerprint density at radius 1 is 1.27 bits per heavy atom. The minimum absolute atomic E-state index is 0.193. The molecule has 1 aliphatic rings. The molecule has 0 bridgehead atoms. The molecule has 0 atom stereocenters. The molecule has 1 aromatic heterocycles. The lowest BCUT2D eigenvalue weighted by Crippen LogP contribution is -2.36. The zero-order valence-electron chi connectivity index (χ0n) is 12.3. The quantitative estimate of drug-likeness (QED) is 0.870. The van der Waals surface area contributed by atoms with E-state index in [1.165, 1.54) is 0 Å². The maximum absolute atomic E-state index is 11.7. The van der Waals surface area contributed by atoms with Gasteiger partial charge in [0.2, 0.25) is 6.79 Å². The first kappa shape index (κ1) is 14.2. The number of rotatable bonds is 5. The Hall–Kier alpha value is -2.70. The smallest absolute Gasteiger partial charge is 0.315 e. The Morgan fingerprint density at radius 2 is 2.14 bits per heavy atom. The molecule has 1 aliphatic heterocycles. The maximum atomic E-state index is 11.7.